The van der Waals surface area contributed by atoms with Crippen LogP contribution in [-0.2, 0) is 19.2 Å². The van der Waals surface area contributed by atoms with Crippen molar-refractivity contribution < 1.29 is 19.2 Å². The van der Waals surface area contributed by atoms with Gasteiger partial charge in [0, 0.05) is 35.1 Å². The van der Waals surface area contributed by atoms with Gasteiger partial charge in [0.25, 0.3) is 23.6 Å². The molecule has 0 unspecified atom stereocenters. The molecule has 4 aliphatic heterocycles. The number of aryl methyl sites for hydroxylation is 1. The molecule has 4 heterocycles. The lowest BCUT2D eigenvalue weighted by Gasteiger charge is -2.25. The minimum Gasteiger partial charge on any atom is -0.307 e. The van der Waals surface area contributed by atoms with Crippen molar-refractivity contribution in [1.29, 1.82) is 0 Å². The molecule has 6 aromatic rings. The van der Waals surface area contributed by atoms with Crippen LogP contribution < -0.4 is 0 Å². The van der Waals surface area contributed by atoms with E-state index in [4.69, 9.17) is 0 Å². The zero-order chi connectivity index (χ0) is 65.5. The lowest BCUT2D eigenvalue weighted by atomic mass is 10.0. The molecule has 0 N–H and O–H groups in total. The van der Waals surface area contributed by atoms with Gasteiger partial charge in [0.15, 0.2) is 0 Å². The van der Waals surface area contributed by atoms with Crippen LogP contribution in [0.25, 0.3) is 53.2 Å². The Kier molecular flexibility index (Phi) is 26.8. The molecule has 8 nitrogen and oxygen atoms in total. The zero-order valence-electron chi connectivity index (χ0n) is 55.1. The molecule has 0 atom stereocenters. The smallest absolute Gasteiger partial charge is 0.261 e. The molecule has 0 aromatic heterocycles. The Bertz CT molecular complexity index is 3600. The third-order valence-corrected chi connectivity index (χ3v) is 18.3. The van der Waals surface area contributed by atoms with Crippen LogP contribution in [0.15, 0.2) is 196 Å². The van der Waals surface area contributed by atoms with Gasteiger partial charge in [0.05, 0.1) is 45.1 Å². The van der Waals surface area contributed by atoms with E-state index in [1.54, 1.807) is 0 Å². The number of halogens is 2. The van der Waals surface area contributed by atoms with Crippen LogP contribution in [0.3, 0.4) is 0 Å². The van der Waals surface area contributed by atoms with E-state index < -0.39 is 0 Å². The predicted octanol–water partition coefficient (Wildman–Crippen LogP) is 21.3. The number of amides is 4. The van der Waals surface area contributed by atoms with Crippen molar-refractivity contribution in [2.45, 2.75) is 144 Å². The molecule has 0 radical (unpaired) electrons. The fraction of sp³-hybridized carbons (Fsp3) is 0.317. The molecular weight excluding hydrogens is 1260 g/mol. The standard InChI is InChI=1S/C42H48N2O2.C30H34Br2N2O2.C10H10/c1-5-8-10-12-29-43-39(35-25-15-31(4)16-26-35)37-38(42(43)46)40(44(41(37)45)30-13-11-9-6-2)36-27-23-34(24-28-36)22-21-33-19-17-32(14-7-3)18-20-33;1-3-5-7-9-19-33-27(21-11-15-23(31)16-12-21)25-26(29(33)35)28(22-13-17-24(32)18-14-22)34(30(25)36)20-10-8-6-4-2;1-3-9-5-7-10(4-2)8-6-9/h7,14-28H,5-6,8-13,29-30H2,1-4H3;11-18H,3-10,19-20H2,1-2H3;3-8H,1-2H2/b14-7+,22-21+;;. The highest BCUT2D eigenvalue weighted by atomic mass is 79.9. The maximum absolute atomic E-state index is 14.4. The number of rotatable bonds is 29. The fourth-order valence-electron chi connectivity index (χ4n) is 12.2. The number of carbonyl (C=O) groups excluding carboxylic acids is 4. The topological polar surface area (TPSA) is 81.2 Å². The highest BCUT2D eigenvalue weighted by Gasteiger charge is 2.50. The molecular formula is C82H92Br2N4O4. The summed E-state index contributed by atoms with van der Waals surface area (Å²) in [6.07, 6.45) is 29.0. The number of unbranched alkanes of at least 4 members (excludes halogenated alkanes) is 12. The van der Waals surface area contributed by atoms with Gasteiger partial charge in [0.2, 0.25) is 0 Å². The van der Waals surface area contributed by atoms with Gasteiger partial charge in [-0.1, -0.05) is 313 Å². The monoisotopic (exact) mass is 1350 g/mol. The molecule has 92 heavy (non-hydrogen) atoms. The van der Waals surface area contributed by atoms with Gasteiger partial charge in [-0.15, -0.1) is 0 Å². The normalized spacial score (nSPS) is 14.6. The van der Waals surface area contributed by atoms with Gasteiger partial charge in [-0.2, -0.15) is 0 Å². The first-order valence-electron chi connectivity index (χ1n) is 33.5. The lowest BCUT2D eigenvalue weighted by Crippen LogP contribution is -2.31. The lowest BCUT2D eigenvalue weighted by molar-refractivity contribution is -0.124. The van der Waals surface area contributed by atoms with E-state index >= 15 is 0 Å². The van der Waals surface area contributed by atoms with Crippen molar-refractivity contribution in [2.75, 3.05) is 26.2 Å². The van der Waals surface area contributed by atoms with Crippen LogP contribution in [0.1, 0.15) is 193 Å². The van der Waals surface area contributed by atoms with Crippen molar-refractivity contribution in [3.63, 3.8) is 0 Å². The second kappa shape index (κ2) is 35.2. The Morgan fingerprint density at radius 3 is 0.826 bits per heavy atom. The second-order valence-electron chi connectivity index (χ2n) is 24.0. The van der Waals surface area contributed by atoms with E-state index in [1.165, 1.54) is 5.56 Å². The average Bonchev–Trinajstić information content (AvgIpc) is 1.57. The van der Waals surface area contributed by atoms with E-state index in [2.05, 4.69) is 171 Å². The molecule has 10 heteroatoms. The zero-order valence-corrected chi connectivity index (χ0v) is 58.2. The summed E-state index contributed by atoms with van der Waals surface area (Å²) in [5, 5.41) is 0. The fourth-order valence-corrected chi connectivity index (χ4v) is 12.7. The highest BCUT2D eigenvalue weighted by molar-refractivity contribution is 9.10. The van der Waals surface area contributed by atoms with Gasteiger partial charge in [-0.05, 0) is 114 Å². The molecule has 6 aromatic carbocycles. The molecule has 0 spiro atoms. The Labute approximate surface area is 565 Å². The van der Waals surface area contributed by atoms with Crippen molar-refractivity contribution in [2.24, 2.45) is 0 Å². The van der Waals surface area contributed by atoms with E-state index in [0.29, 0.717) is 48.5 Å². The predicted molar refractivity (Wildman–Crippen MR) is 394 cm³/mol. The first-order chi connectivity index (χ1) is 44.8. The Hall–Kier alpha value is -7.92. The van der Waals surface area contributed by atoms with Gasteiger partial charge in [-0.3, -0.25) is 19.2 Å². The Balaban J connectivity index is 0.000000210. The molecule has 0 fully saturated rings. The molecule has 0 saturated heterocycles. The van der Waals surface area contributed by atoms with E-state index in [1.807, 2.05) is 118 Å². The number of carbonyl (C=O) groups is 4. The second-order valence-corrected chi connectivity index (χ2v) is 25.9. The summed E-state index contributed by atoms with van der Waals surface area (Å²) in [5.74, 6) is -0.206. The van der Waals surface area contributed by atoms with Gasteiger partial charge in [0.1, 0.15) is 0 Å². The first kappa shape index (κ1) is 70.0. The third-order valence-electron chi connectivity index (χ3n) is 17.2. The molecule has 4 amide bonds. The van der Waals surface area contributed by atoms with Gasteiger partial charge >= 0.3 is 0 Å². The van der Waals surface area contributed by atoms with Crippen LogP contribution in [0.4, 0.5) is 0 Å². The number of nitrogens with zero attached hydrogens (tertiary/aromatic N) is 4. The summed E-state index contributed by atoms with van der Waals surface area (Å²) >= 11 is 7.04. The van der Waals surface area contributed by atoms with Crippen LogP contribution in [0.2, 0.25) is 0 Å². The summed E-state index contributed by atoms with van der Waals surface area (Å²) in [6, 6.07) is 49.0. The molecule has 0 saturated carbocycles. The maximum atomic E-state index is 14.4. The summed E-state index contributed by atoms with van der Waals surface area (Å²) in [7, 11) is 0. The molecule has 4 aliphatic rings. The number of hydrogen-bond acceptors (Lipinski definition) is 4. The average molecular weight is 1360 g/mol. The highest BCUT2D eigenvalue weighted by Crippen LogP contribution is 2.49. The van der Waals surface area contributed by atoms with Crippen molar-refractivity contribution in [3.05, 3.63) is 252 Å². The number of fused-ring (bicyclic) bond motifs is 2. The first-order valence-corrected chi connectivity index (χ1v) is 35.1. The molecule has 10 rings (SSSR count). The van der Waals surface area contributed by atoms with Gasteiger partial charge < -0.3 is 19.6 Å². The number of benzene rings is 6. The summed E-state index contributed by atoms with van der Waals surface area (Å²) < 4.78 is 1.94. The van der Waals surface area contributed by atoms with Crippen molar-refractivity contribution in [1.82, 2.24) is 19.6 Å². The van der Waals surface area contributed by atoms with Crippen LogP contribution in [0, 0.1) is 6.92 Å². The van der Waals surface area contributed by atoms with E-state index in [-0.39, 0.29) is 23.6 Å². The number of hydrogen-bond donors (Lipinski definition) is 0. The van der Waals surface area contributed by atoms with Gasteiger partial charge in [-0.25, -0.2) is 0 Å². The molecule has 478 valence electrons. The summed E-state index contributed by atoms with van der Waals surface area (Å²) in [4.78, 5) is 64.3. The largest absolute Gasteiger partial charge is 0.307 e. The van der Waals surface area contributed by atoms with Crippen molar-refractivity contribution in [3.8, 4) is 0 Å². The van der Waals surface area contributed by atoms with E-state index in [0.717, 1.165) is 185 Å². The minimum atomic E-state index is -0.0539. The molecule has 0 bridgehead atoms. The van der Waals surface area contributed by atoms with Crippen LogP contribution >= 0.6 is 31.9 Å². The van der Waals surface area contributed by atoms with Crippen LogP contribution in [-0.4, -0.2) is 69.4 Å². The van der Waals surface area contributed by atoms with Crippen molar-refractivity contribution >= 4 is 109 Å². The Morgan fingerprint density at radius 2 is 0.565 bits per heavy atom. The summed E-state index contributed by atoms with van der Waals surface area (Å²) in [6.45, 7) is 22.6. The quantitative estimate of drug-likeness (QED) is 0.0346. The van der Waals surface area contributed by atoms with Crippen LogP contribution in [0.5, 0.6) is 0 Å². The van der Waals surface area contributed by atoms with E-state index in [9.17, 15) is 19.2 Å². The number of allylic oxidation sites excluding steroid dienone is 1. The third kappa shape index (κ3) is 17.4. The maximum Gasteiger partial charge on any atom is 0.261 e. The SMILES string of the molecule is C/C=C/c1ccc(/C=C/c2ccc(C3=C4C(=O)N(CCCCCC)C(c5ccc(C)cc5)=C4C(=O)N3CCCCCC)cc2)cc1.C=Cc1ccc(C=C)cc1.CCCCCCN1C(=O)C2=C(c3ccc(Br)cc3)N(CCCCCC)C(=O)C2=C1c1ccc(Br)cc1. The Morgan fingerprint density at radius 1 is 0.326 bits per heavy atom. The summed E-state index contributed by atoms with van der Waals surface area (Å²) in [5.41, 5.74) is 15.8. The minimum absolute atomic E-state index is 0.0492. The molecule has 0 aliphatic carbocycles.